The minimum absolute atomic E-state index is 1.25. The van der Waals surface area contributed by atoms with Crippen molar-refractivity contribution < 1.29 is 9.84 Å². The molecule has 0 aromatic rings. The van der Waals surface area contributed by atoms with E-state index in [0.717, 1.165) is 0 Å². The molecule has 1 nitrogen and oxygen atoms in total. The van der Waals surface area contributed by atoms with E-state index in [1.165, 1.54) is 6.42 Å². The van der Waals surface area contributed by atoms with Gasteiger partial charge in [-0.2, -0.15) is 0 Å². The maximum atomic E-state index is 8.25. The van der Waals surface area contributed by atoms with Gasteiger partial charge in [-0.25, -0.2) is 0 Å². The van der Waals surface area contributed by atoms with Crippen molar-refractivity contribution in [3.05, 3.63) is 0 Å². The first-order chi connectivity index (χ1) is 2.41. The highest BCUT2D eigenvalue weighted by Gasteiger charge is 1.35. The summed E-state index contributed by atoms with van der Waals surface area (Å²) < 4.78 is 8.25. The van der Waals surface area contributed by atoms with Gasteiger partial charge < -0.3 is 9.84 Å². The smallest absolute Gasteiger partial charge is 0.0590 e. The SMILES string of the molecule is CCC.[O-]F. The second kappa shape index (κ2) is 41.0. The Morgan fingerprint density at radius 2 is 1.40 bits per heavy atom. The molecular formula is C3H8FO-. The standard InChI is InChI=1S/C3H8.FO/c1-3-2;1-2/h3H2,1-2H3;/q;-1. The van der Waals surface area contributed by atoms with E-state index in [2.05, 4.69) is 13.8 Å². The summed E-state index contributed by atoms with van der Waals surface area (Å²) >= 11 is 0. The summed E-state index contributed by atoms with van der Waals surface area (Å²) in [4.78, 5) is 0. The largest absolute Gasteiger partial charge is 0.682 e. The van der Waals surface area contributed by atoms with Crippen molar-refractivity contribution in [2.24, 2.45) is 0 Å². The lowest BCUT2D eigenvalue weighted by Gasteiger charge is -1.52. The molecule has 0 atom stereocenters. The Kier molecular flexibility index (Phi) is 72.7. The van der Waals surface area contributed by atoms with E-state index in [4.69, 9.17) is 9.84 Å². The van der Waals surface area contributed by atoms with Gasteiger partial charge in [0.1, 0.15) is 0 Å². The number of rotatable bonds is 0. The summed E-state index contributed by atoms with van der Waals surface area (Å²) in [6.45, 7) is 4.25. The third-order valence-corrected chi connectivity index (χ3v) is 0. The molecular weight excluding hydrogens is 71.0 g/mol. The van der Waals surface area contributed by atoms with Gasteiger partial charge in [0.2, 0.25) is 0 Å². The van der Waals surface area contributed by atoms with E-state index >= 15 is 0 Å². The summed E-state index contributed by atoms with van der Waals surface area (Å²) in [5.74, 6) is 0. The molecule has 0 aliphatic heterocycles. The molecule has 0 heterocycles. The van der Waals surface area contributed by atoms with Gasteiger partial charge in [-0.05, 0) is 0 Å². The Labute approximate surface area is 31.3 Å². The van der Waals surface area contributed by atoms with Crippen molar-refractivity contribution in [1.29, 1.82) is 0 Å². The van der Waals surface area contributed by atoms with Crippen LogP contribution in [0.1, 0.15) is 20.3 Å². The zero-order valence-electron chi connectivity index (χ0n) is 3.49. The van der Waals surface area contributed by atoms with Crippen molar-refractivity contribution in [3.8, 4) is 0 Å². The lowest BCUT2D eigenvalue weighted by molar-refractivity contribution is -0.589. The Bertz CT molecular complexity index is 6.85. The average molecular weight is 79.1 g/mol. The number of hydrogen-bond acceptors (Lipinski definition) is 1. The van der Waals surface area contributed by atoms with Gasteiger partial charge in [0.05, 0.1) is 0 Å². The normalized spacial score (nSPS) is 4.80. The monoisotopic (exact) mass is 79.1 g/mol. The van der Waals surface area contributed by atoms with E-state index in [-0.39, 0.29) is 0 Å². The molecule has 0 radical (unpaired) electrons. The van der Waals surface area contributed by atoms with Crippen molar-refractivity contribution >= 4 is 0 Å². The molecule has 0 unspecified atom stereocenters. The fourth-order valence-corrected chi connectivity index (χ4v) is 0. The zero-order valence-corrected chi connectivity index (χ0v) is 3.49. The maximum absolute atomic E-state index is 8.25. The third kappa shape index (κ3) is 1150. The van der Waals surface area contributed by atoms with Crippen LogP contribution >= 0.6 is 0 Å². The molecule has 2 heteroatoms. The fourth-order valence-electron chi connectivity index (χ4n) is 0. The fraction of sp³-hybridized carbons (Fsp3) is 1.00. The summed E-state index contributed by atoms with van der Waals surface area (Å²) in [7, 11) is 0. The van der Waals surface area contributed by atoms with Crippen molar-refractivity contribution in [2.75, 3.05) is 0 Å². The first kappa shape index (κ1) is 8.86. The average Bonchev–Trinajstić information content (AvgIpc) is 1.46. The molecule has 0 saturated heterocycles. The maximum Gasteiger partial charge on any atom is -0.0590 e. The van der Waals surface area contributed by atoms with Gasteiger partial charge in [0, 0.05) is 0 Å². The lowest BCUT2D eigenvalue weighted by atomic mass is 10.6. The van der Waals surface area contributed by atoms with E-state index in [0.29, 0.717) is 0 Å². The predicted octanol–water partition coefficient (Wildman–Crippen LogP) is 0.647. The molecule has 0 amide bonds. The second-order valence-electron chi connectivity index (χ2n) is 0.707. The topological polar surface area (TPSA) is 23.1 Å². The Hall–Kier alpha value is -0.110. The molecule has 34 valence electrons. The van der Waals surface area contributed by atoms with Crippen LogP contribution in [0.3, 0.4) is 0 Å². The van der Waals surface area contributed by atoms with Gasteiger partial charge in [0.15, 0.2) is 0 Å². The van der Waals surface area contributed by atoms with E-state index in [1.807, 2.05) is 0 Å². The first-order valence-corrected chi connectivity index (χ1v) is 1.57. The number of halogens is 1. The van der Waals surface area contributed by atoms with Crippen LogP contribution in [0.15, 0.2) is 0 Å². The van der Waals surface area contributed by atoms with Crippen LogP contribution in [-0.4, -0.2) is 0 Å². The molecule has 0 saturated carbocycles. The molecule has 0 fully saturated rings. The van der Waals surface area contributed by atoms with E-state index in [1.54, 1.807) is 0 Å². The minimum atomic E-state index is 1.25. The van der Waals surface area contributed by atoms with Gasteiger partial charge >= 0.3 is 0 Å². The Morgan fingerprint density at radius 3 is 1.40 bits per heavy atom. The van der Waals surface area contributed by atoms with Crippen LogP contribution in [0.4, 0.5) is 4.53 Å². The summed E-state index contributed by atoms with van der Waals surface area (Å²) in [5.41, 5.74) is 0. The van der Waals surface area contributed by atoms with Gasteiger partial charge in [-0.3, -0.25) is 0 Å². The molecule has 0 N–H and O–H groups in total. The Morgan fingerprint density at radius 1 is 1.40 bits per heavy atom. The summed E-state index contributed by atoms with van der Waals surface area (Å²) in [6, 6.07) is 0. The third-order valence-electron chi connectivity index (χ3n) is 0. The van der Waals surface area contributed by atoms with Gasteiger partial charge in [-0.1, -0.05) is 20.3 Å². The summed E-state index contributed by atoms with van der Waals surface area (Å²) in [5, 5.41) is 6.75. The summed E-state index contributed by atoms with van der Waals surface area (Å²) in [6.07, 6.45) is 1.25. The minimum Gasteiger partial charge on any atom is -0.682 e. The molecule has 0 aliphatic rings. The quantitative estimate of drug-likeness (QED) is 0.418. The van der Waals surface area contributed by atoms with E-state index in [9.17, 15) is 0 Å². The van der Waals surface area contributed by atoms with Crippen LogP contribution in [-0.2, 0) is 0 Å². The van der Waals surface area contributed by atoms with Crippen LogP contribution in [0, 0.1) is 0 Å². The molecule has 0 aliphatic carbocycles. The highest BCUT2D eigenvalue weighted by Crippen LogP contribution is 1.56. The Balaban J connectivity index is 0. The van der Waals surface area contributed by atoms with Crippen molar-refractivity contribution in [2.45, 2.75) is 20.3 Å². The van der Waals surface area contributed by atoms with Crippen LogP contribution in [0.5, 0.6) is 0 Å². The van der Waals surface area contributed by atoms with E-state index < -0.39 is 0 Å². The second-order valence-corrected chi connectivity index (χ2v) is 0.707. The van der Waals surface area contributed by atoms with Crippen molar-refractivity contribution in [1.82, 2.24) is 0 Å². The molecule has 0 spiro atoms. The van der Waals surface area contributed by atoms with Crippen LogP contribution < -0.4 is 5.31 Å². The lowest BCUT2D eigenvalue weighted by Crippen LogP contribution is -1.67. The van der Waals surface area contributed by atoms with Gasteiger partial charge in [0.25, 0.3) is 0 Å². The molecule has 0 aromatic heterocycles. The molecule has 0 bridgehead atoms. The highest BCUT2D eigenvalue weighted by atomic mass is 19.3. The zero-order chi connectivity index (χ0) is 4.71. The first-order valence-electron chi connectivity index (χ1n) is 1.57. The van der Waals surface area contributed by atoms with Gasteiger partial charge in [-0.15, -0.1) is 0 Å². The highest BCUT2D eigenvalue weighted by molar-refractivity contribution is 3.92. The van der Waals surface area contributed by atoms with Crippen LogP contribution in [0.25, 0.3) is 0 Å². The van der Waals surface area contributed by atoms with Crippen molar-refractivity contribution in [3.63, 3.8) is 0 Å². The number of hydrogen-bond donors (Lipinski definition) is 0. The molecule has 0 aromatic carbocycles. The molecule has 5 heavy (non-hydrogen) atoms. The predicted molar refractivity (Wildman–Crippen MR) is 17.1 cm³/mol. The molecule has 0 rings (SSSR count). The van der Waals surface area contributed by atoms with Crippen LogP contribution in [0.2, 0.25) is 0 Å².